The van der Waals surface area contributed by atoms with E-state index in [1.807, 2.05) is 32.0 Å². The van der Waals surface area contributed by atoms with Crippen molar-refractivity contribution >= 4 is 37.1 Å². The fourth-order valence-corrected chi connectivity index (χ4v) is 6.13. The van der Waals surface area contributed by atoms with Crippen molar-refractivity contribution < 1.29 is 21.6 Å². The summed E-state index contributed by atoms with van der Waals surface area (Å²) in [5.41, 5.74) is 2.52. The first-order chi connectivity index (χ1) is 15.5. The topological polar surface area (TPSA) is 109 Å². The molecule has 0 aliphatic carbocycles. The molecule has 0 radical (unpaired) electrons. The highest BCUT2D eigenvalue weighted by Crippen LogP contribution is 2.25. The van der Waals surface area contributed by atoms with Gasteiger partial charge in [-0.25, -0.2) is 16.8 Å². The van der Waals surface area contributed by atoms with Crippen molar-refractivity contribution in [2.24, 2.45) is 0 Å². The predicted octanol–water partition coefficient (Wildman–Crippen LogP) is 4.54. The monoisotopic (exact) mass is 486 g/mol. The number of amides is 1. The maximum Gasteiger partial charge on any atom is 0.261 e. The first-order valence-electron chi connectivity index (χ1n) is 10.4. The van der Waals surface area contributed by atoms with Gasteiger partial charge >= 0.3 is 0 Å². The maximum absolute atomic E-state index is 12.8. The minimum Gasteiger partial charge on any atom is -0.322 e. The molecule has 0 bridgehead atoms. The number of nitrogens with one attached hydrogen (secondary N) is 2. The number of carbonyl (C=O) groups is 1. The molecule has 3 aromatic rings. The Kier molecular flexibility index (Phi) is 7.24. The summed E-state index contributed by atoms with van der Waals surface area (Å²) in [6.45, 7) is 5.40. The lowest BCUT2D eigenvalue weighted by molar-refractivity contribution is 0.102. The van der Waals surface area contributed by atoms with Gasteiger partial charge in [-0.15, -0.1) is 0 Å². The van der Waals surface area contributed by atoms with Crippen molar-refractivity contribution in [3.8, 4) is 0 Å². The maximum atomic E-state index is 12.8. The summed E-state index contributed by atoms with van der Waals surface area (Å²) in [4.78, 5) is 12.8. The zero-order valence-corrected chi connectivity index (χ0v) is 20.3. The number of sulfone groups is 1. The molecule has 0 heterocycles. The SMILES string of the molecule is CCCS(=O)(=O)c1ccccc1C(=O)Nc1ccc(S(=O)(=O)Nc2c(C)cccc2C)cc1. The second kappa shape index (κ2) is 9.76. The van der Waals surface area contributed by atoms with Crippen LogP contribution < -0.4 is 10.0 Å². The first-order valence-corrected chi connectivity index (χ1v) is 13.5. The highest BCUT2D eigenvalue weighted by Gasteiger charge is 2.22. The molecule has 0 aromatic heterocycles. The van der Waals surface area contributed by atoms with E-state index in [-0.39, 0.29) is 21.1 Å². The van der Waals surface area contributed by atoms with E-state index in [1.54, 1.807) is 19.1 Å². The molecule has 0 saturated carbocycles. The van der Waals surface area contributed by atoms with Crippen LogP contribution in [-0.4, -0.2) is 28.5 Å². The Balaban J connectivity index is 1.81. The average Bonchev–Trinajstić information content (AvgIpc) is 2.77. The summed E-state index contributed by atoms with van der Waals surface area (Å²) >= 11 is 0. The van der Waals surface area contributed by atoms with Gasteiger partial charge in [0.05, 0.1) is 26.8 Å². The number of hydrogen-bond donors (Lipinski definition) is 2. The van der Waals surface area contributed by atoms with E-state index in [0.717, 1.165) is 11.1 Å². The second-order valence-corrected chi connectivity index (χ2v) is 11.4. The zero-order valence-electron chi connectivity index (χ0n) is 18.6. The summed E-state index contributed by atoms with van der Waals surface area (Å²) < 4.78 is 53.3. The van der Waals surface area contributed by atoms with Crippen molar-refractivity contribution in [1.82, 2.24) is 0 Å². The van der Waals surface area contributed by atoms with Crippen LogP contribution in [0.1, 0.15) is 34.8 Å². The smallest absolute Gasteiger partial charge is 0.261 e. The summed E-state index contributed by atoms with van der Waals surface area (Å²) in [5.74, 6) is -0.647. The number of rotatable bonds is 8. The predicted molar refractivity (Wildman–Crippen MR) is 130 cm³/mol. The number of para-hydroxylation sites is 1. The fraction of sp³-hybridized carbons (Fsp3) is 0.208. The van der Waals surface area contributed by atoms with E-state index in [0.29, 0.717) is 17.8 Å². The van der Waals surface area contributed by atoms with Crippen molar-refractivity contribution in [2.45, 2.75) is 37.0 Å². The number of sulfonamides is 1. The molecule has 9 heteroatoms. The Bertz CT molecular complexity index is 1360. The van der Waals surface area contributed by atoms with E-state index in [1.165, 1.54) is 36.4 Å². The average molecular weight is 487 g/mol. The molecular weight excluding hydrogens is 460 g/mol. The number of benzene rings is 3. The second-order valence-electron chi connectivity index (χ2n) is 7.67. The standard InChI is InChI=1S/C24H26N2O5S2/c1-4-16-32(28,29)22-11-6-5-10-21(22)24(27)25-19-12-14-20(15-13-19)33(30,31)26-23-17(2)8-7-9-18(23)3/h5-15,26H,4,16H2,1-3H3,(H,25,27). The van der Waals surface area contributed by atoms with Crippen molar-refractivity contribution in [1.29, 1.82) is 0 Å². The van der Waals surface area contributed by atoms with Crippen molar-refractivity contribution in [3.05, 3.63) is 83.4 Å². The highest BCUT2D eigenvalue weighted by molar-refractivity contribution is 7.92. The zero-order chi connectivity index (χ0) is 24.2. The summed E-state index contributed by atoms with van der Waals surface area (Å²) in [5, 5.41) is 2.64. The van der Waals surface area contributed by atoms with Gasteiger partial charge in [0.25, 0.3) is 15.9 Å². The molecule has 0 aliphatic rings. The van der Waals surface area contributed by atoms with Gasteiger partial charge in [0.15, 0.2) is 9.84 Å². The third-order valence-electron chi connectivity index (χ3n) is 5.08. The molecule has 0 unspecified atom stereocenters. The van der Waals surface area contributed by atoms with Crippen LogP contribution >= 0.6 is 0 Å². The summed E-state index contributed by atoms with van der Waals surface area (Å²) in [6.07, 6.45) is 0.435. The molecular formula is C24H26N2O5S2. The molecule has 33 heavy (non-hydrogen) atoms. The van der Waals surface area contributed by atoms with Crippen LogP contribution in [0, 0.1) is 13.8 Å². The van der Waals surface area contributed by atoms with Gasteiger partial charge in [-0.1, -0.05) is 37.3 Å². The molecule has 3 aromatic carbocycles. The van der Waals surface area contributed by atoms with Crippen LogP contribution in [0.25, 0.3) is 0 Å². The Labute approximate surface area is 194 Å². The van der Waals surface area contributed by atoms with Crippen LogP contribution in [0.3, 0.4) is 0 Å². The molecule has 1 amide bonds. The van der Waals surface area contributed by atoms with Crippen molar-refractivity contribution in [3.63, 3.8) is 0 Å². The van der Waals surface area contributed by atoms with Crippen LogP contribution in [0.15, 0.2) is 76.5 Å². The quantitative estimate of drug-likeness (QED) is 0.486. The van der Waals surface area contributed by atoms with Crippen LogP contribution in [0.5, 0.6) is 0 Å². The lowest BCUT2D eigenvalue weighted by atomic mass is 10.1. The number of anilines is 2. The lowest BCUT2D eigenvalue weighted by Crippen LogP contribution is -2.18. The normalized spacial score (nSPS) is 11.7. The van der Waals surface area contributed by atoms with E-state index in [2.05, 4.69) is 10.0 Å². The Morgan fingerprint density at radius 1 is 0.818 bits per heavy atom. The van der Waals surface area contributed by atoms with Gasteiger partial charge in [-0.05, 0) is 67.8 Å². The third-order valence-corrected chi connectivity index (χ3v) is 8.42. The van der Waals surface area contributed by atoms with Gasteiger partial charge in [0.2, 0.25) is 0 Å². The largest absolute Gasteiger partial charge is 0.322 e. The van der Waals surface area contributed by atoms with Crippen molar-refractivity contribution in [2.75, 3.05) is 15.8 Å². The van der Waals surface area contributed by atoms with Gasteiger partial charge < -0.3 is 5.32 Å². The van der Waals surface area contributed by atoms with E-state index in [4.69, 9.17) is 0 Å². The first kappa shape index (κ1) is 24.5. The van der Waals surface area contributed by atoms with Gasteiger partial charge in [0.1, 0.15) is 0 Å². The summed E-state index contributed by atoms with van der Waals surface area (Å²) in [7, 11) is -7.42. The van der Waals surface area contributed by atoms with Crippen LogP contribution in [0.2, 0.25) is 0 Å². The Morgan fingerprint density at radius 2 is 1.42 bits per heavy atom. The molecule has 174 valence electrons. The highest BCUT2D eigenvalue weighted by atomic mass is 32.2. The lowest BCUT2D eigenvalue weighted by Gasteiger charge is -2.14. The minimum atomic E-state index is -3.83. The van der Waals surface area contributed by atoms with Gasteiger partial charge in [-0.3, -0.25) is 9.52 Å². The molecule has 3 rings (SSSR count). The Hall–Kier alpha value is -3.17. The van der Waals surface area contributed by atoms with Gasteiger partial charge in [-0.2, -0.15) is 0 Å². The number of carbonyl (C=O) groups excluding carboxylic acids is 1. The third kappa shape index (κ3) is 5.61. The van der Waals surface area contributed by atoms with E-state index >= 15 is 0 Å². The number of aryl methyl sites for hydroxylation is 2. The van der Waals surface area contributed by atoms with E-state index in [9.17, 15) is 21.6 Å². The fourth-order valence-electron chi connectivity index (χ4n) is 3.39. The van der Waals surface area contributed by atoms with Crippen LogP contribution in [0.4, 0.5) is 11.4 Å². The summed E-state index contributed by atoms with van der Waals surface area (Å²) in [6, 6.07) is 17.2. The molecule has 0 atom stereocenters. The molecule has 0 saturated heterocycles. The van der Waals surface area contributed by atoms with Gasteiger partial charge in [0, 0.05) is 5.69 Å². The molecule has 0 fully saturated rings. The molecule has 2 N–H and O–H groups in total. The number of hydrogen-bond acceptors (Lipinski definition) is 5. The van der Waals surface area contributed by atoms with Crippen LogP contribution in [-0.2, 0) is 19.9 Å². The molecule has 7 nitrogen and oxygen atoms in total. The minimum absolute atomic E-state index is 0.0265. The molecule has 0 spiro atoms. The van der Waals surface area contributed by atoms with E-state index < -0.39 is 25.8 Å². The Morgan fingerprint density at radius 3 is 2.03 bits per heavy atom. The molecule has 0 aliphatic heterocycles.